The fourth-order valence-corrected chi connectivity index (χ4v) is 4.53. The Morgan fingerprint density at radius 2 is 1.90 bits per heavy atom. The summed E-state index contributed by atoms with van der Waals surface area (Å²) in [6.45, 7) is 5.76. The van der Waals surface area contributed by atoms with E-state index < -0.39 is 23.4 Å². The van der Waals surface area contributed by atoms with Gasteiger partial charge in [0.25, 0.3) is 0 Å². The summed E-state index contributed by atoms with van der Waals surface area (Å²) in [6.07, 6.45) is 10.00. The Balaban J connectivity index is 1.63. The van der Waals surface area contributed by atoms with Crippen LogP contribution in [0.4, 0.5) is 4.79 Å². The quantitative estimate of drug-likeness (QED) is 0.167. The maximum atomic E-state index is 13.1. The molecular weight excluding hydrogens is 498 g/mol. The number of aryl methyl sites for hydroxylation is 1. The summed E-state index contributed by atoms with van der Waals surface area (Å²) < 4.78 is 15.9. The zero-order valence-corrected chi connectivity index (χ0v) is 23.2. The molecule has 2 aromatic heterocycles. The number of fused-ring (bicyclic) bond motifs is 1. The summed E-state index contributed by atoms with van der Waals surface area (Å²) in [6, 6.07) is 9.46. The number of hydrogen-bond donors (Lipinski definition) is 2. The Morgan fingerprint density at radius 3 is 2.62 bits per heavy atom. The van der Waals surface area contributed by atoms with Gasteiger partial charge in [0, 0.05) is 35.9 Å². The maximum Gasteiger partial charge on any atom is 0.410 e. The van der Waals surface area contributed by atoms with Gasteiger partial charge in [0.2, 0.25) is 0 Å². The number of furan rings is 1. The van der Waals surface area contributed by atoms with Gasteiger partial charge in [0.15, 0.2) is 5.78 Å². The van der Waals surface area contributed by atoms with Crippen molar-refractivity contribution in [2.75, 3.05) is 7.11 Å². The van der Waals surface area contributed by atoms with Crippen LogP contribution in [-0.2, 0) is 17.6 Å². The molecule has 3 rings (SSSR count). The number of alkyl carbamates (subject to hydrolysis) is 1. The van der Waals surface area contributed by atoms with E-state index in [0.29, 0.717) is 30.8 Å². The molecule has 2 heterocycles. The number of unbranched alkanes of at least 4 members (excludes halogenated alkanes) is 3. The molecule has 1 amide bonds. The Hall–Kier alpha value is -3.81. The van der Waals surface area contributed by atoms with Crippen molar-refractivity contribution in [2.45, 2.75) is 78.1 Å². The largest absolute Gasteiger partial charge is 0.507 e. The monoisotopic (exact) mass is 537 g/mol. The van der Waals surface area contributed by atoms with Crippen LogP contribution in [0.5, 0.6) is 5.75 Å². The highest BCUT2D eigenvalue weighted by Gasteiger charge is 2.26. The van der Waals surface area contributed by atoms with Gasteiger partial charge < -0.3 is 18.7 Å². The van der Waals surface area contributed by atoms with Crippen molar-refractivity contribution in [3.05, 3.63) is 75.7 Å². The SMILES string of the molecule is CCCCCCc1ccc2oc(CC(C)C(=O)c3c(O)cc(C(C)CC/C=C/NC(=O)OC)oc3=O)cc2c1. The number of allylic oxidation sites excluding steroid dienone is 1. The third kappa shape index (κ3) is 8.34. The number of carbonyl (C=O) groups excluding carboxylic acids is 2. The lowest BCUT2D eigenvalue weighted by molar-refractivity contribution is 0.0918. The highest BCUT2D eigenvalue weighted by Crippen LogP contribution is 2.28. The second-order valence-electron chi connectivity index (χ2n) is 10.1. The molecule has 1 aromatic carbocycles. The van der Waals surface area contributed by atoms with Crippen LogP contribution in [0.1, 0.15) is 92.7 Å². The van der Waals surface area contributed by atoms with Crippen LogP contribution in [0.3, 0.4) is 0 Å². The number of amides is 1. The van der Waals surface area contributed by atoms with Crippen molar-refractivity contribution in [3.8, 4) is 5.75 Å². The van der Waals surface area contributed by atoms with Crippen molar-refractivity contribution in [3.63, 3.8) is 0 Å². The number of benzene rings is 1. The number of methoxy groups -OCH3 is 1. The summed E-state index contributed by atoms with van der Waals surface area (Å²) in [7, 11) is 1.28. The number of nitrogens with one attached hydrogen (secondary N) is 1. The molecule has 0 saturated carbocycles. The minimum Gasteiger partial charge on any atom is -0.507 e. The number of Topliss-reactive ketones (excluding diaryl/α,β-unsaturated/α-hetero) is 1. The van der Waals surface area contributed by atoms with E-state index in [9.17, 15) is 19.5 Å². The molecule has 8 nitrogen and oxygen atoms in total. The Bertz CT molecular complexity index is 1350. The lowest BCUT2D eigenvalue weighted by Gasteiger charge is -2.13. The predicted octanol–water partition coefficient (Wildman–Crippen LogP) is 7.03. The Kier molecular flexibility index (Phi) is 11.0. The van der Waals surface area contributed by atoms with E-state index in [1.165, 1.54) is 44.2 Å². The number of hydrogen-bond acceptors (Lipinski definition) is 7. The van der Waals surface area contributed by atoms with Crippen LogP contribution in [0.15, 0.2) is 56.2 Å². The molecule has 0 fully saturated rings. The summed E-state index contributed by atoms with van der Waals surface area (Å²) in [5, 5.41) is 14.0. The van der Waals surface area contributed by atoms with Crippen molar-refractivity contribution >= 4 is 22.8 Å². The Labute approximate surface area is 229 Å². The first-order chi connectivity index (χ1) is 18.7. The Morgan fingerprint density at radius 1 is 1.10 bits per heavy atom. The number of ketones is 1. The zero-order chi connectivity index (χ0) is 28.4. The zero-order valence-electron chi connectivity index (χ0n) is 23.2. The third-order valence-corrected chi connectivity index (χ3v) is 6.86. The summed E-state index contributed by atoms with van der Waals surface area (Å²) in [5.74, 6) is -0.722. The topological polar surface area (TPSA) is 119 Å². The van der Waals surface area contributed by atoms with E-state index in [0.717, 1.165) is 23.8 Å². The second-order valence-corrected chi connectivity index (χ2v) is 10.1. The molecule has 2 atom stereocenters. The smallest absolute Gasteiger partial charge is 0.410 e. The normalized spacial score (nSPS) is 13.0. The van der Waals surface area contributed by atoms with Gasteiger partial charge in [-0.3, -0.25) is 10.1 Å². The van der Waals surface area contributed by atoms with Gasteiger partial charge in [-0.15, -0.1) is 0 Å². The molecule has 0 saturated heterocycles. The number of ether oxygens (including phenoxy) is 1. The minimum absolute atomic E-state index is 0.194. The summed E-state index contributed by atoms with van der Waals surface area (Å²) in [4.78, 5) is 36.9. The van der Waals surface area contributed by atoms with Crippen LogP contribution in [0.25, 0.3) is 11.0 Å². The van der Waals surface area contributed by atoms with Gasteiger partial charge in [-0.1, -0.05) is 52.2 Å². The van der Waals surface area contributed by atoms with Crippen LogP contribution in [0.2, 0.25) is 0 Å². The van der Waals surface area contributed by atoms with Crippen LogP contribution in [0, 0.1) is 5.92 Å². The van der Waals surface area contributed by atoms with Gasteiger partial charge in [-0.25, -0.2) is 9.59 Å². The third-order valence-electron chi connectivity index (χ3n) is 6.86. The van der Waals surface area contributed by atoms with Gasteiger partial charge in [-0.05, 0) is 49.4 Å². The first-order valence-corrected chi connectivity index (χ1v) is 13.7. The van der Waals surface area contributed by atoms with Crippen molar-refractivity contribution < 1.29 is 28.3 Å². The average molecular weight is 538 g/mol. The summed E-state index contributed by atoms with van der Waals surface area (Å²) in [5.41, 5.74) is 0.833. The lowest BCUT2D eigenvalue weighted by Crippen LogP contribution is -2.22. The molecule has 0 aliphatic rings. The van der Waals surface area contributed by atoms with Crippen molar-refractivity contribution in [2.24, 2.45) is 5.92 Å². The standard InChI is InChI=1S/C31H39NO7/c1-5-6-7-8-12-22-13-14-26-23(17-22)18-24(38-26)16-21(3)29(34)28-25(33)19-27(39-30(28)35)20(2)11-9-10-15-32-31(36)37-4/h10,13-15,17-21,33H,5-9,11-12,16H2,1-4H3,(H,32,36)/b15-10+. The molecular formula is C31H39NO7. The van der Waals surface area contributed by atoms with Crippen molar-refractivity contribution in [1.29, 1.82) is 0 Å². The predicted molar refractivity (Wildman–Crippen MR) is 150 cm³/mol. The van der Waals surface area contributed by atoms with E-state index >= 15 is 0 Å². The fourth-order valence-electron chi connectivity index (χ4n) is 4.53. The molecule has 2 N–H and O–H groups in total. The minimum atomic E-state index is -0.853. The van der Waals surface area contributed by atoms with Crippen molar-refractivity contribution in [1.82, 2.24) is 5.32 Å². The highest BCUT2D eigenvalue weighted by molar-refractivity contribution is 5.99. The van der Waals surface area contributed by atoms with Crippen LogP contribution >= 0.6 is 0 Å². The van der Waals surface area contributed by atoms with E-state index in [2.05, 4.69) is 29.1 Å². The lowest BCUT2D eigenvalue weighted by atomic mass is 9.94. The second kappa shape index (κ2) is 14.4. The van der Waals surface area contributed by atoms with Gasteiger partial charge >= 0.3 is 11.7 Å². The van der Waals surface area contributed by atoms with E-state index in [-0.39, 0.29) is 17.2 Å². The van der Waals surface area contributed by atoms with Crippen LogP contribution < -0.4 is 10.9 Å². The molecule has 0 bridgehead atoms. The summed E-state index contributed by atoms with van der Waals surface area (Å²) >= 11 is 0. The van der Waals surface area contributed by atoms with E-state index in [1.54, 1.807) is 13.0 Å². The molecule has 0 aliphatic carbocycles. The molecule has 3 aromatic rings. The van der Waals surface area contributed by atoms with E-state index in [1.807, 2.05) is 19.1 Å². The molecule has 8 heteroatoms. The fraction of sp³-hybridized carbons (Fsp3) is 0.452. The van der Waals surface area contributed by atoms with Gasteiger partial charge in [0.05, 0.1) is 7.11 Å². The maximum absolute atomic E-state index is 13.1. The van der Waals surface area contributed by atoms with Gasteiger partial charge in [-0.2, -0.15) is 0 Å². The first-order valence-electron chi connectivity index (χ1n) is 13.7. The first kappa shape index (κ1) is 29.7. The number of aromatic hydroxyl groups is 1. The number of carbonyl (C=O) groups is 2. The number of rotatable bonds is 14. The molecule has 210 valence electrons. The molecule has 2 unspecified atom stereocenters. The highest BCUT2D eigenvalue weighted by atomic mass is 16.5. The van der Waals surface area contributed by atoms with Gasteiger partial charge in [0.1, 0.15) is 28.4 Å². The van der Waals surface area contributed by atoms with Crippen LogP contribution in [-0.4, -0.2) is 24.1 Å². The molecule has 0 spiro atoms. The molecule has 0 radical (unpaired) electrons. The molecule has 0 aliphatic heterocycles. The molecule has 39 heavy (non-hydrogen) atoms. The van der Waals surface area contributed by atoms with E-state index in [4.69, 9.17) is 8.83 Å². The average Bonchev–Trinajstić information content (AvgIpc) is 3.31.